The molecule has 102 valence electrons. The molecule has 17 heavy (non-hydrogen) atoms. The molecule has 4 nitrogen and oxygen atoms in total. The molecule has 0 aromatic heterocycles. The molecule has 1 atom stereocenters. The van der Waals surface area contributed by atoms with E-state index in [0.29, 0.717) is 6.54 Å². The van der Waals surface area contributed by atoms with E-state index in [2.05, 4.69) is 24.1 Å². The summed E-state index contributed by atoms with van der Waals surface area (Å²) in [6.07, 6.45) is 4.18. The highest BCUT2D eigenvalue weighted by molar-refractivity contribution is 5.81. The Balaban J connectivity index is 4.08. The fourth-order valence-corrected chi connectivity index (χ4v) is 1.78. The largest absolute Gasteiger partial charge is 0.355 e. The van der Waals surface area contributed by atoms with Crippen molar-refractivity contribution in [1.29, 1.82) is 0 Å². The van der Waals surface area contributed by atoms with Gasteiger partial charge in [0.2, 0.25) is 5.91 Å². The highest BCUT2D eigenvalue weighted by Gasteiger charge is 2.19. The Bertz CT molecular complexity index is 197. The summed E-state index contributed by atoms with van der Waals surface area (Å²) in [5.41, 5.74) is 5.52. The Morgan fingerprint density at radius 2 is 1.94 bits per heavy atom. The lowest BCUT2D eigenvalue weighted by Crippen LogP contribution is -2.46. The van der Waals surface area contributed by atoms with Crippen LogP contribution >= 0.6 is 0 Å². The molecule has 0 spiro atoms. The van der Waals surface area contributed by atoms with E-state index >= 15 is 0 Å². The third-order valence-electron chi connectivity index (χ3n) is 2.92. The van der Waals surface area contributed by atoms with Crippen LogP contribution < -0.4 is 11.1 Å². The first-order valence-electron chi connectivity index (χ1n) is 6.89. The molecule has 0 bridgehead atoms. The van der Waals surface area contributed by atoms with Gasteiger partial charge in [0.15, 0.2) is 0 Å². The number of rotatable bonds is 10. The van der Waals surface area contributed by atoms with E-state index in [0.717, 1.165) is 45.3 Å². The third kappa shape index (κ3) is 7.34. The number of hydrogen-bond acceptors (Lipinski definition) is 3. The molecule has 0 radical (unpaired) electrons. The van der Waals surface area contributed by atoms with Crippen LogP contribution in [0.4, 0.5) is 0 Å². The number of nitrogens with zero attached hydrogens (tertiary/aromatic N) is 1. The van der Waals surface area contributed by atoms with Crippen LogP contribution in [-0.4, -0.2) is 43.0 Å². The van der Waals surface area contributed by atoms with Crippen LogP contribution in [0, 0.1) is 0 Å². The number of nitrogens with one attached hydrogen (secondary N) is 1. The maximum absolute atomic E-state index is 11.9. The van der Waals surface area contributed by atoms with Gasteiger partial charge >= 0.3 is 0 Å². The van der Waals surface area contributed by atoms with Crippen molar-refractivity contribution in [1.82, 2.24) is 10.2 Å². The van der Waals surface area contributed by atoms with Crippen LogP contribution in [0.25, 0.3) is 0 Å². The van der Waals surface area contributed by atoms with Crippen molar-refractivity contribution in [3.8, 4) is 0 Å². The summed E-state index contributed by atoms with van der Waals surface area (Å²) in [6, 6.07) is -0.0432. The molecule has 0 rings (SSSR count). The molecule has 0 saturated carbocycles. The van der Waals surface area contributed by atoms with Crippen molar-refractivity contribution in [2.45, 2.75) is 52.5 Å². The SMILES string of the molecule is CCCCNC(=O)C(C)N(CCC)CCCN. The van der Waals surface area contributed by atoms with Crippen molar-refractivity contribution in [2.75, 3.05) is 26.2 Å². The summed E-state index contributed by atoms with van der Waals surface area (Å²) in [4.78, 5) is 14.1. The predicted molar refractivity (Wildman–Crippen MR) is 72.9 cm³/mol. The summed E-state index contributed by atoms with van der Waals surface area (Å²) in [7, 11) is 0. The predicted octanol–water partition coefficient (Wildman–Crippen LogP) is 1.35. The number of hydrogen-bond donors (Lipinski definition) is 2. The van der Waals surface area contributed by atoms with Gasteiger partial charge in [-0.25, -0.2) is 0 Å². The van der Waals surface area contributed by atoms with Gasteiger partial charge in [0, 0.05) is 13.1 Å². The zero-order valence-corrected chi connectivity index (χ0v) is 11.7. The number of unbranched alkanes of at least 4 members (excludes halogenated alkanes) is 1. The molecule has 4 heteroatoms. The Labute approximate surface area is 106 Å². The van der Waals surface area contributed by atoms with Crippen LogP contribution in [0.5, 0.6) is 0 Å². The number of carbonyl (C=O) groups excluding carboxylic acids is 1. The molecule has 0 saturated heterocycles. The average Bonchev–Trinajstić information content (AvgIpc) is 2.33. The lowest BCUT2D eigenvalue weighted by Gasteiger charge is -2.27. The van der Waals surface area contributed by atoms with Crippen LogP contribution in [0.15, 0.2) is 0 Å². The fourth-order valence-electron chi connectivity index (χ4n) is 1.78. The minimum Gasteiger partial charge on any atom is -0.355 e. The number of amides is 1. The normalized spacial score (nSPS) is 12.8. The summed E-state index contributed by atoms with van der Waals surface area (Å²) in [5.74, 6) is 0.143. The molecular weight excluding hydrogens is 214 g/mol. The Morgan fingerprint density at radius 1 is 1.24 bits per heavy atom. The van der Waals surface area contributed by atoms with Crippen molar-refractivity contribution >= 4 is 5.91 Å². The minimum absolute atomic E-state index is 0.0432. The molecule has 1 amide bonds. The van der Waals surface area contributed by atoms with Gasteiger partial charge < -0.3 is 11.1 Å². The second kappa shape index (κ2) is 10.5. The van der Waals surface area contributed by atoms with E-state index in [9.17, 15) is 4.79 Å². The topological polar surface area (TPSA) is 58.4 Å². The van der Waals surface area contributed by atoms with Gasteiger partial charge in [-0.3, -0.25) is 9.69 Å². The van der Waals surface area contributed by atoms with E-state index in [1.807, 2.05) is 6.92 Å². The van der Waals surface area contributed by atoms with Crippen molar-refractivity contribution in [3.05, 3.63) is 0 Å². The van der Waals surface area contributed by atoms with Crippen LogP contribution in [-0.2, 0) is 4.79 Å². The summed E-state index contributed by atoms with van der Waals surface area (Å²) in [6.45, 7) is 9.58. The lowest BCUT2D eigenvalue weighted by atomic mass is 10.2. The highest BCUT2D eigenvalue weighted by atomic mass is 16.2. The van der Waals surface area contributed by atoms with E-state index in [-0.39, 0.29) is 11.9 Å². The van der Waals surface area contributed by atoms with E-state index in [1.165, 1.54) is 0 Å². The zero-order valence-electron chi connectivity index (χ0n) is 11.7. The summed E-state index contributed by atoms with van der Waals surface area (Å²) >= 11 is 0. The van der Waals surface area contributed by atoms with Gasteiger partial charge in [-0.15, -0.1) is 0 Å². The standard InChI is InChI=1S/C13H29N3O/c1-4-6-9-15-13(17)12(3)16(10-5-2)11-7-8-14/h12H,4-11,14H2,1-3H3,(H,15,17). The third-order valence-corrected chi connectivity index (χ3v) is 2.92. The molecule has 0 aromatic rings. The second-order valence-corrected chi connectivity index (χ2v) is 4.50. The number of nitrogens with two attached hydrogens (primary N) is 1. The maximum Gasteiger partial charge on any atom is 0.237 e. The van der Waals surface area contributed by atoms with Gasteiger partial charge in [0.05, 0.1) is 6.04 Å². The monoisotopic (exact) mass is 243 g/mol. The first-order valence-corrected chi connectivity index (χ1v) is 6.89. The van der Waals surface area contributed by atoms with Gasteiger partial charge in [0.25, 0.3) is 0 Å². The van der Waals surface area contributed by atoms with Crippen LogP contribution in [0.3, 0.4) is 0 Å². The molecular formula is C13H29N3O. The minimum atomic E-state index is -0.0432. The molecule has 3 N–H and O–H groups in total. The summed E-state index contributed by atoms with van der Waals surface area (Å²) in [5, 5.41) is 2.99. The Hall–Kier alpha value is -0.610. The molecule has 0 aliphatic rings. The Kier molecular flexibility index (Phi) is 10.2. The van der Waals surface area contributed by atoms with Crippen molar-refractivity contribution < 1.29 is 4.79 Å². The number of carbonyl (C=O) groups is 1. The molecule has 0 aliphatic heterocycles. The van der Waals surface area contributed by atoms with Gasteiger partial charge in [-0.2, -0.15) is 0 Å². The lowest BCUT2D eigenvalue weighted by molar-refractivity contribution is -0.125. The van der Waals surface area contributed by atoms with E-state index < -0.39 is 0 Å². The average molecular weight is 243 g/mol. The highest BCUT2D eigenvalue weighted by Crippen LogP contribution is 2.02. The van der Waals surface area contributed by atoms with Gasteiger partial charge in [0.1, 0.15) is 0 Å². The molecule has 1 unspecified atom stereocenters. The van der Waals surface area contributed by atoms with Gasteiger partial charge in [-0.1, -0.05) is 20.3 Å². The maximum atomic E-state index is 11.9. The van der Waals surface area contributed by atoms with Gasteiger partial charge in [-0.05, 0) is 39.3 Å². The van der Waals surface area contributed by atoms with Crippen molar-refractivity contribution in [2.24, 2.45) is 5.73 Å². The van der Waals surface area contributed by atoms with Crippen LogP contribution in [0.2, 0.25) is 0 Å². The van der Waals surface area contributed by atoms with E-state index in [1.54, 1.807) is 0 Å². The quantitative estimate of drug-likeness (QED) is 0.569. The molecule has 0 aromatic carbocycles. The first-order chi connectivity index (χ1) is 8.17. The molecule has 0 heterocycles. The zero-order chi connectivity index (χ0) is 13.1. The molecule has 0 aliphatic carbocycles. The smallest absolute Gasteiger partial charge is 0.237 e. The summed E-state index contributed by atoms with van der Waals surface area (Å²) < 4.78 is 0. The first kappa shape index (κ1) is 16.4. The van der Waals surface area contributed by atoms with Crippen molar-refractivity contribution in [3.63, 3.8) is 0 Å². The van der Waals surface area contributed by atoms with Crippen LogP contribution in [0.1, 0.15) is 46.5 Å². The Morgan fingerprint density at radius 3 is 2.47 bits per heavy atom. The van der Waals surface area contributed by atoms with E-state index in [4.69, 9.17) is 5.73 Å². The second-order valence-electron chi connectivity index (χ2n) is 4.50. The molecule has 0 fully saturated rings. The fraction of sp³-hybridized carbons (Fsp3) is 0.923.